The van der Waals surface area contributed by atoms with E-state index in [1.54, 1.807) is 16.2 Å². The normalized spacial score (nSPS) is 23.2. The molecular weight excluding hydrogens is 410 g/mol. The van der Waals surface area contributed by atoms with E-state index in [-0.39, 0.29) is 35.6 Å². The monoisotopic (exact) mass is 437 g/mol. The number of aromatic nitrogens is 2. The van der Waals surface area contributed by atoms with Crippen LogP contribution in [-0.2, 0) is 34.0 Å². The molecule has 2 unspecified atom stereocenters. The number of thiophene rings is 1. The van der Waals surface area contributed by atoms with Crippen molar-refractivity contribution in [2.75, 3.05) is 18.1 Å². The molecule has 1 aliphatic carbocycles. The molecule has 1 aliphatic heterocycles. The molecule has 0 spiro atoms. The summed E-state index contributed by atoms with van der Waals surface area (Å²) in [7, 11) is -3.08. The number of rotatable bonds is 5. The third kappa shape index (κ3) is 3.99. The highest BCUT2D eigenvalue weighted by molar-refractivity contribution is 7.91. The molecule has 0 aromatic carbocycles. The molecule has 1 saturated heterocycles. The van der Waals surface area contributed by atoms with Crippen molar-refractivity contribution in [1.82, 2.24) is 14.5 Å². The molecule has 0 saturated carbocycles. The van der Waals surface area contributed by atoms with Gasteiger partial charge in [-0.15, -0.1) is 11.3 Å². The van der Waals surface area contributed by atoms with Gasteiger partial charge in [-0.2, -0.15) is 0 Å². The van der Waals surface area contributed by atoms with Crippen molar-refractivity contribution >= 4 is 37.3 Å². The van der Waals surface area contributed by atoms with E-state index in [0.29, 0.717) is 24.3 Å². The van der Waals surface area contributed by atoms with Gasteiger partial charge >= 0.3 is 0 Å². The van der Waals surface area contributed by atoms with E-state index in [2.05, 4.69) is 11.9 Å². The molecule has 7 nitrogen and oxygen atoms in total. The molecule has 0 bridgehead atoms. The van der Waals surface area contributed by atoms with Gasteiger partial charge in [0.1, 0.15) is 11.4 Å². The van der Waals surface area contributed by atoms with Gasteiger partial charge in [-0.3, -0.25) is 14.2 Å². The van der Waals surface area contributed by atoms with E-state index in [0.717, 1.165) is 36.1 Å². The molecule has 0 N–H and O–H groups in total. The van der Waals surface area contributed by atoms with Gasteiger partial charge < -0.3 is 4.90 Å². The summed E-state index contributed by atoms with van der Waals surface area (Å²) in [5.74, 6) is 0.541. The zero-order valence-corrected chi connectivity index (χ0v) is 18.5. The van der Waals surface area contributed by atoms with Gasteiger partial charge in [0, 0.05) is 17.5 Å². The van der Waals surface area contributed by atoms with Crippen molar-refractivity contribution in [3.05, 3.63) is 27.1 Å². The maximum absolute atomic E-state index is 13.1. The Morgan fingerprint density at radius 2 is 2.17 bits per heavy atom. The molecule has 1 fully saturated rings. The average Bonchev–Trinajstić information content (AvgIpc) is 3.21. The third-order valence-corrected chi connectivity index (χ3v) is 8.93. The first kappa shape index (κ1) is 20.5. The van der Waals surface area contributed by atoms with E-state index >= 15 is 0 Å². The maximum atomic E-state index is 13.1. The van der Waals surface area contributed by atoms with Gasteiger partial charge in [-0.25, -0.2) is 13.4 Å². The summed E-state index contributed by atoms with van der Waals surface area (Å²) in [5, 5.41) is 0.665. The maximum Gasteiger partial charge on any atom is 0.262 e. The summed E-state index contributed by atoms with van der Waals surface area (Å²) in [6.45, 7) is 4.58. The average molecular weight is 438 g/mol. The fourth-order valence-corrected chi connectivity index (χ4v) is 7.56. The van der Waals surface area contributed by atoms with Gasteiger partial charge in [-0.05, 0) is 43.6 Å². The Morgan fingerprint density at radius 3 is 2.86 bits per heavy atom. The Kier molecular flexibility index (Phi) is 5.54. The van der Waals surface area contributed by atoms with Gasteiger partial charge in [0.25, 0.3) is 5.56 Å². The zero-order chi connectivity index (χ0) is 20.8. The van der Waals surface area contributed by atoms with Crippen LogP contribution >= 0.6 is 11.3 Å². The molecule has 2 aliphatic rings. The van der Waals surface area contributed by atoms with Crippen LogP contribution in [0.25, 0.3) is 10.2 Å². The van der Waals surface area contributed by atoms with E-state index in [1.165, 1.54) is 15.8 Å². The first-order valence-electron chi connectivity index (χ1n) is 10.3. The molecule has 3 heterocycles. The van der Waals surface area contributed by atoms with Crippen LogP contribution in [0.1, 0.15) is 43.6 Å². The Bertz CT molecular complexity index is 1100. The Labute approximate surface area is 174 Å². The summed E-state index contributed by atoms with van der Waals surface area (Å²) in [5.41, 5.74) is 0.945. The minimum absolute atomic E-state index is 0.0150. The lowest BCUT2D eigenvalue weighted by Gasteiger charge is -2.28. The van der Waals surface area contributed by atoms with Crippen LogP contribution in [0.5, 0.6) is 0 Å². The lowest BCUT2D eigenvalue weighted by molar-refractivity contribution is -0.133. The number of amides is 1. The quantitative estimate of drug-likeness (QED) is 0.714. The standard InChI is InChI=1S/C20H27N3O4S2/c1-3-7-23(14-6-8-29(26,27)11-14)17(24)10-22-12-21-19-18(20(22)25)15-5-4-13(2)9-16(15)28-19/h12-14H,3-11H2,1-2H3. The van der Waals surface area contributed by atoms with Crippen LogP contribution < -0.4 is 5.56 Å². The molecule has 158 valence electrons. The van der Waals surface area contributed by atoms with Crippen molar-refractivity contribution in [1.29, 1.82) is 0 Å². The first-order chi connectivity index (χ1) is 13.8. The number of sulfone groups is 1. The molecule has 1 amide bonds. The van der Waals surface area contributed by atoms with Crippen molar-refractivity contribution in [2.24, 2.45) is 5.92 Å². The highest BCUT2D eigenvalue weighted by Gasteiger charge is 2.34. The lowest BCUT2D eigenvalue weighted by atomic mass is 9.89. The second-order valence-electron chi connectivity index (χ2n) is 8.35. The number of nitrogens with zero attached hydrogens (tertiary/aromatic N) is 3. The summed E-state index contributed by atoms with van der Waals surface area (Å²) in [6.07, 6.45) is 5.60. The number of carbonyl (C=O) groups excluding carboxylic acids is 1. The fourth-order valence-electron chi connectivity index (χ4n) is 4.49. The Balaban J connectivity index is 1.62. The highest BCUT2D eigenvalue weighted by atomic mass is 32.2. The second-order valence-corrected chi connectivity index (χ2v) is 11.7. The highest BCUT2D eigenvalue weighted by Crippen LogP contribution is 2.35. The minimum atomic E-state index is -3.08. The van der Waals surface area contributed by atoms with Gasteiger partial charge in [0.05, 0.1) is 23.2 Å². The Morgan fingerprint density at radius 1 is 1.38 bits per heavy atom. The van der Waals surface area contributed by atoms with Crippen LogP contribution in [-0.4, -0.2) is 52.9 Å². The van der Waals surface area contributed by atoms with E-state index < -0.39 is 9.84 Å². The number of hydrogen-bond acceptors (Lipinski definition) is 6. The largest absolute Gasteiger partial charge is 0.337 e. The van der Waals surface area contributed by atoms with Crippen molar-refractivity contribution < 1.29 is 13.2 Å². The molecule has 0 radical (unpaired) electrons. The van der Waals surface area contributed by atoms with Crippen LogP contribution in [0.4, 0.5) is 0 Å². The van der Waals surface area contributed by atoms with Gasteiger partial charge in [0.15, 0.2) is 9.84 Å². The van der Waals surface area contributed by atoms with Crippen molar-refractivity contribution in [2.45, 2.75) is 58.5 Å². The molecule has 29 heavy (non-hydrogen) atoms. The Hall–Kier alpha value is -1.74. The zero-order valence-electron chi connectivity index (χ0n) is 16.9. The van der Waals surface area contributed by atoms with E-state index in [4.69, 9.17) is 0 Å². The third-order valence-electron chi connectivity index (χ3n) is 6.02. The number of hydrogen-bond donors (Lipinski definition) is 0. The predicted molar refractivity (Wildman–Crippen MR) is 114 cm³/mol. The van der Waals surface area contributed by atoms with E-state index in [9.17, 15) is 18.0 Å². The topological polar surface area (TPSA) is 89.3 Å². The van der Waals surface area contributed by atoms with Gasteiger partial charge in [0.2, 0.25) is 5.91 Å². The molecule has 2 aromatic heterocycles. The van der Waals surface area contributed by atoms with Crippen LogP contribution in [0, 0.1) is 5.92 Å². The minimum Gasteiger partial charge on any atom is -0.337 e. The fraction of sp³-hybridized carbons (Fsp3) is 0.650. The number of carbonyl (C=O) groups is 1. The summed E-state index contributed by atoms with van der Waals surface area (Å²) < 4.78 is 25.1. The van der Waals surface area contributed by atoms with Crippen molar-refractivity contribution in [3.63, 3.8) is 0 Å². The number of aryl methyl sites for hydroxylation is 1. The molecule has 2 aromatic rings. The van der Waals surface area contributed by atoms with Crippen LogP contribution in [0.15, 0.2) is 11.1 Å². The summed E-state index contributed by atoms with van der Waals surface area (Å²) in [4.78, 5) is 34.3. The molecule has 4 rings (SSSR count). The first-order valence-corrected chi connectivity index (χ1v) is 12.9. The predicted octanol–water partition coefficient (Wildman–Crippen LogP) is 2.01. The van der Waals surface area contributed by atoms with Crippen LogP contribution in [0.2, 0.25) is 0 Å². The number of fused-ring (bicyclic) bond motifs is 3. The summed E-state index contributed by atoms with van der Waals surface area (Å²) in [6, 6.07) is -0.296. The van der Waals surface area contributed by atoms with E-state index in [1.807, 2.05) is 6.92 Å². The SMILES string of the molecule is CCCN(C(=O)Cn1cnc2sc3c(c2c1=O)CCC(C)C3)C1CCS(=O)(=O)C1. The second kappa shape index (κ2) is 7.83. The molecule has 2 atom stereocenters. The molecule has 9 heteroatoms. The molecular formula is C20H27N3O4S2. The van der Waals surface area contributed by atoms with Crippen LogP contribution in [0.3, 0.4) is 0 Å². The lowest BCUT2D eigenvalue weighted by Crippen LogP contribution is -2.44. The summed E-state index contributed by atoms with van der Waals surface area (Å²) >= 11 is 1.59. The van der Waals surface area contributed by atoms with Gasteiger partial charge in [-0.1, -0.05) is 13.8 Å². The van der Waals surface area contributed by atoms with Crippen molar-refractivity contribution in [3.8, 4) is 0 Å². The smallest absolute Gasteiger partial charge is 0.262 e.